The van der Waals surface area contributed by atoms with Gasteiger partial charge in [-0.15, -0.1) is 0 Å². The van der Waals surface area contributed by atoms with Gasteiger partial charge in [0.2, 0.25) is 0 Å². The zero-order valence-corrected chi connectivity index (χ0v) is 11.8. The number of methoxy groups -OCH3 is 1. The summed E-state index contributed by atoms with van der Waals surface area (Å²) in [6.45, 7) is 4.34. The Morgan fingerprint density at radius 2 is 2.40 bits per heavy atom. The number of nitrogens with zero attached hydrogens (tertiary/aromatic N) is 2. The Kier molecular flexibility index (Phi) is 4.30. The predicted octanol–water partition coefficient (Wildman–Crippen LogP) is 1.80. The lowest BCUT2D eigenvalue weighted by Crippen LogP contribution is -2.42. The van der Waals surface area contributed by atoms with Gasteiger partial charge in [0, 0.05) is 44.9 Å². The van der Waals surface area contributed by atoms with Crippen molar-refractivity contribution in [2.45, 2.75) is 19.1 Å². The van der Waals surface area contributed by atoms with Crippen molar-refractivity contribution in [2.75, 3.05) is 33.4 Å². The molecule has 1 saturated heterocycles. The van der Waals surface area contributed by atoms with Crippen LogP contribution in [0.1, 0.15) is 12.1 Å². The maximum absolute atomic E-state index is 5.76. The van der Waals surface area contributed by atoms with Crippen LogP contribution in [-0.4, -0.2) is 54.4 Å². The van der Waals surface area contributed by atoms with Crippen molar-refractivity contribution in [3.05, 3.63) is 30.1 Å². The second-order valence-electron chi connectivity index (χ2n) is 5.23. The minimum atomic E-state index is 0.276. The molecule has 0 aliphatic carbocycles. The third-order valence-electron chi connectivity index (χ3n) is 3.72. The molecule has 0 bridgehead atoms. The number of H-pyrrole nitrogens is 1. The van der Waals surface area contributed by atoms with Gasteiger partial charge in [0.15, 0.2) is 0 Å². The van der Waals surface area contributed by atoms with Crippen LogP contribution in [0.25, 0.3) is 11.0 Å². The summed E-state index contributed by atoms with van der Waals surface area (Å²) in [7, 11) is 1.73. The Morgan fingerprint density at radius 1 is 1.45 bits per heavy atom. The average molecular weight is 275 g/mol. The van der Waals surface area contributed by atoms with Crippen LogP contribution in [0.5, 0.6) is 0 Å². The van der Waals surface area contributed by atoms with Crippen LogP contribution in [-0.2, 0) is 16.0 Å². The number of hydrogen-bond acceptors (Lipinski definition) is 4. The summed E-state index contributed by atoms with van der Waals surface area (Å²) in [4.78, 5) is 10.2. The van der Waals surface area contributed by atoms with Gasteiger partial charge in [-0.05, 0) is 24.6 Å². The van der Waals surface area contributed by atoms with E-state index in [-0.39, 0.29) is 6.10 Å². The summed E-state index contributed by atoms with van der Waals surface area (Å²) in [5.41, 5.74) is 2.07. The monoisotopic (exact) mass is 275 g/mol. The van der Waals surface area contributed by atoms with Gasteiger partial charge in [0.05, 0.1) is 18.4 Å². The number of ether oxygens (including phenoxy) is 2. The minimum Gasteiger partial charge on any atom is -0.385 e. The zero-order valence-electron chi connectivity index (χ0n) is 11.8. The minimum absolute atomic E-state index is 0.276. The van der Waals surface area contributed by atoms with Crippen LogP contribution in [0.4, 0.5) is 0 Å². The molecule has 3 rings (SSSR count). The molecule has 2 aromatic rings. The van der Waals surface area contributed by atoms with Crippen molar-refractivity contribution in [3.63, 3.8) is 0 Å². The molecule has 1 aliphatic heterocycles. The fraction of sp³-hybridized carbons (Fsp3) is 0.533. The third-order valence-corrected chi connectivity index (χ3v) is 3.72. The van der Waals surface area contributed by atoms with Gasteiger partial charge in [-0.3, -0.25) is 4.90 Å². The molecule has 1 aliphatic rings. The Hall–Kier alpha value is -1.43. The molecule has 0 amide bonds. The highest BCUT2D eigenvalue weighted by Gasteiger charge is 2.20. The summed E-state index contributed by atoms with van der Waals surface area (Å²) < 4.78 is 10.9. The molecule has 3 heterocycles. The number of fused-ring (bicyclic) bond motifs is 1. The number of hydrogen-bond donors (Lipinski definition) is 1. The standard InChI is InChI=1S/C15H21N3O2/c1-19-8-5-14-11-18(7-9-20-14)10-13-3-2-12-4-6-16-15(12)17-13/h2-4,6,14H,5,7-11H2,1H3,(H,16,17)/t14-/m0/s1. The Morgan fingerprint density at radius 3 is 3.30 bits per heavy atom. The summed E-state index contributed by atoms with van der Waals surface area (Å²) in [6.07, 6.45) is 3.16. The largest absolute Gasteiger partial charge is 0.385 e. The number of pyridine rings is 1. The molecule has 0 unspecified atom stereocenters. The first-order valence-electron chi connectivity index (χ1n) is 7.11. The molecule has 0 aromatic carbocycles. The molecule has 1 atom stereocenters. The molecular formula is C15H21N3O2. The highest BCUT2D eigenvalue weighted by atomic mass is 16.5. The van der Waals surface area contributed by atoms with Crippen LogP contribution in [0.15, 0.2) is 24.4 Å². The fourth-order valence-electron chi connectivity index (χ4n) is 2.64. The van der Waals surface area contributed by atoms with Crippen LogP contribution >= 0.6 is 0 Å². The Labute approximate surface area is 118 Å². The van der Waals surface area contributed by atoms with Crippen molar-refractivity contribution in [3.8, 4) is 0 Å². The van der Waals surface area contributed by atoms with Gasteiger partial charge in [-0.2, -0.15) is 0 Å². The molecule has 5 nitrogen and oxygen atoms in total. The van der Waals surface area contributed by atoms with Crippen molar-refractivity contribution in [1.82, 2.24) is 14.9 Å². The highest BCUT2D eigenvalue weighted by molar-refractivity contribution is 5.75. The lowest BCUT2D eigenvalue weighted by molar-refractivity contribution is -0.0435. The number of aromatic amines is 1. The van der Waals surface area contributed by atoms with Crippen LogP contribution in [0.2, 0.25) is 0 Å². The van der Waals surface area contributed by atoms with E-state index in [1.165, 1.54) is 0 Å². The summed E-state index contributed by atoms with van der Waals surface area (Å²) in [5, 5.41) is 1.16. The van der Waals surface area contributed by atoms with Crippen molar-refractivity contribution >= 4 is 11.0 Å². The third kappa shape index (κ3) is 3.17. The first-order chi connectivity index (χ1) is 9.85. The molecule has 20 heavy (non-hydrogen) atoms. The van der Waals surface area contributed by atoms with E-state index in [2.05, 4.69) is 27.0 Å². The van der Waals surface area contributed by atoms with Crippen LogP contribution in [0, 0.1) is 0 Å². The van der Waals surface area contributed by atoms with E-state index in [4.69, 9.17) is 9.47 Å². The molecule has 1 fully saturated rings. The lowest BCUT2D eigenvalue weighted by Gasteiger charge is -2.32. The van der Waals surface area contributed by atoms with E-state index in [1.54, 1.807) is 7.11 Å². The van der Waals surface area contributed by atoms with Gasteiger partial charge in [0.25, 0.3) is 0 Å². The molecule has 1 N–H and O–H groups in total. The molecule has 0 saturated carbocycles. The molecule has 0 radical (unpaired) electrons. The zero-order chi connectivity index (χ0) is 13.8. The van der Waals surface area contributed by atoms with E-state index < -0.39 is 0 Å². The van der Waals surface area contributed by atoms with Crippen molar-refractivity contribution in [2.24, 2.45) is 0 Å². The van der Waals surface area contributed by atoms with Gasteiger partial charge in [-0.25, -0.2) is 4.98 Å². The summed E-state index contributed by atoms with van der Waals surface area (Å²) >= 11 is 0. The normalized spacial score (nSPS) is 20.6. The van der Waals surface area contributed by atoms with Crippen molar-refractivity contribution < 1.29 is 9.47 Å². The average Bonchev–Trinajstić information content (AvgIpc) is 2.93. The molecule has 5 heteroatoms. The second-order valence-corrected chi connectivity index (χ2v) is 5.23. The number of nitrogens with one attached hydrogen (secondary N) is 1. The van der Waals surface area contributed by atoms with Gasteiger partial charge < -0.3 is 14.5 Å². The summed E-state index contributed by atoms with van der Waals surface area (Å²) in [5.74, 6) is 0. The Bertz CT molecular complexity index is 555. The smallest absolute Gasteiger partial charge is 0.137 e. The Balaban J connectivity index is 1.61. The fourth-order valence-corrected chi connectivity index (χ4v) is 2.64. The highest BCUT2D eigenvalue weighted by Crippen LogP contribution is 2.14. The number of aromatic nitrogens is 2. The van der Waals surface area contributed by atoms with Crippen LogP contribution in [0.3, 0.4) is 0 Å². The van der Waals surface area contributed by atoms with E-state index >= 15 is 0 Å². The maximum Gasteiger partial charge on any atom is 0.137 e. The molecule has 108 valence electrons. The number of rotatable bonds is 5. The first kappa shape index (κ1) is 13.5. The summed E-state index contributed by atoms with van der Waals surface area (Å²) in [6, 6.07) is 6.27. The quantitative estimate of drug-likeness (QED) is 0.904. The maximum atomic E-state index is 5.76. The van der Waals surface area contributed by atoms with Crippen LogP contribution < -0.4 is 0 Å². The van der Waals surface area contributed by atoms with E-state index in [9.17, 15) is 0 Å². The second kappa shape index (κ2) is 6.35. The lowest BCUT2D eigenvalue weighted by atomic mass is 10.2. The topological polar surface area (TPSA) is 50.4 Å². The molecule has 2 aromatic heterocycles. The van der Waals surface area contributed by atoms with Gasteiger partial charge in [0.1, 0.15) is 5.65 Å². The van der Waals surface area contributed by atoms with Gasteiger partial charge >= 0.3 is 0 Å². The van der Waals surface area contributed by atoms with E-state index in [1.807, 2.05) is 12.3 Å². The van der Waals surface area contributed by atoms with Crippen molar-refractivity contribution in [1.29, 1.82) is 0 Å². The SMILES string of the molecule is COCC[C@H]1CN(Cc2ccc3cc[nH]c3n2)CCO1. The van der Waals surface area contributed by atoms with E-state index in [0.717, 1.165) is 56.0 Å². The van der Waals surface area contributed by atoms with E-state index in [0.29, 0.717) is 0 Å². The molecular weight excluding hydrogens is 254 g/mol. The molecule has 0 spiro atoms. The first-order valence-corrected chi connectivity index (χ1v) is 7.11. The van der Waals surface area contributed by atoms with Gasteiger partial charge in [-0.1, -0.05) is 0 Å². The number of morpholine rings is 1. The predicted molar refractivity (Wildman–Crippen MR) is 77.6 cm³/mol.